The highest BCUT2D eigenvalue weighted by molar-refractivity contribution is 6.30. The summed E-state index contributed by atoms with van der Waals surface area (Å²) in [5, 5.41) is 3.81. The molecule has 26 heavy (non-hydrogen) atoms. The molecule has 136 valence electrons. The molecule has 2 aromatic rings. The molecule has 1 N–H and O–H groups in total. The van der Waals surface area contributed by atoms with E-state index in [1.165, 1.54) is 0 Å². The summed E-state index contributed by atoms with van der Waals surface area (Å²) in [6.45, 7) is 4.03. The van der Waals surface area contributed by atoms with E-state index in [0.29, 0.717) is 5.02 Å². The Morgan fingerprint density at radius 3 is 2.50 bits per heavy atom. The Hall–Kier alpha value is -2.14. The number of rotatable bonds is 6. The van der Waals surface area contributed by atoms with Crippen LogP contribution in [0, 0.1) is 0 Å². The Balaban J connectivity index is 1.66. The summed E-state index contributed by atoms with van der Waals surface area (Å²) in [4.78, 5) is 14.8. The number of hydrogen-bond acceptors (Lipinski definition) is 3. The maximum atomic E-state index is 12.4. The number of benzene rings is 2. The zero-order valence-electron chi connectivity index (χ0n) is 14.6. The summed E-state index contributed by atoms with van der Waals surface area (Å²) >= 11 is 5.89. The number of morpholine rings is 1. The Labute approximate surface area is 159 Å². The molecule has 0 aromatic heterocycles. The summed E-state index contributed by atoms with van der Waals surface area (Å²) in [6, 6.07) is 17.4. The molecule has 0 aliphatic carbocycles. The highest BCUT2D eigenvalue weighted by Gasteiger charge is 2.19. The third kappa shape index (κ3) is 5.70. The van der Waals surface area contributed by atoms with Gasteiger partial charge in [0.25, 0.3) is 0 Å². The van der Waals surface area contributed by atoms with Gasteiger partial charge in [-0.15, -0.1) is 0 Å². The van der Waals surface area contributed by atoms with Crippen LogP contribution in [0.5, 0.6) is 0 Å². The van der Waals surface area contributed by atoms with Crippen molar-refractivity contribution in [2.75, 3.05) is 32.8 Å². The van der Waals surface area contributed by atoms with E-state index in [4.69, 9.17) is 16.3 Å². The minimum atomic E-state index is -0.109. The number of nitrogens with one attached hydrogen (secondary N) is 1. The molecule has 0 spiro atoms. The van der Waals surface area contributed by atoms with Gasteiger partial charge in [-0.2, -0.15) is 0 Å². The molecule has 1 amide bonds. The van der Waals surface area contributed by atoms with Gasteiger partial charge in [0.05, 0.1) is 19.3 Å². The summed E-state index contributed by atoms with van der Waals surface area (Å²) in [5.41, 5.74) is 2.04. The number of ether oxygens (including phenoxy) is 1. The number of carbonyl (C=O) groups is 1. The first-order valence-electron chi connectivity index (χ1n) is 8.80. The van der Waals surface area contributed by atoms with Crippen LogP contribution in [-0.2, 0) is 9.53 Å². The van der Waals surface area contributed by atoms with Gasteiger partial charge in [0, 0.05) is 30.7 Å². The third-order valence-corrected chi connectivity index (χ3v) is 4.61. The van der Waals surface area contributed by atoms with E-state index in [-0.39, 0.29) is 11.9 Å². The van der Waals surface area contributed by atoms with Crippen LogP contribution >= 0.6 is 11.6 Å². The van der Waals surface area contributed by atoms with Crippen LogP contribution in [-0.4, -0.2) is 43.7 Å². The van der Waals surface area contributed by atoms with Crippen LogP contribution in [0.3, 0.4) is 0 Å². The Morgan fingerprint density at radius 1 is 1.12 bits per heavy atom. The van der Waals surface area contributed by atoms with Crippen molar-refractivity contribution in [3.8, 4) is 0 Å². The van der Waals surface area contributed by atoms with E-state index >= 15 is 0 Å². The number of hydrogen-bond donors (Lipinski definition) is 1. The Morgan fingerprint density at radius 2 is 1.81 bits per heavy atom. The fourth-order valence-electron chi connectivity index (χ4n) is 2.93. The molecule has 1 aliphatic rings. The topological polar surface area (TPSA) is 41.6 Å². The van der Waals surface area contributed by atoms with Gasteiger partial charge in [0.15, 0.2) is 0 Å². The van der Waals surface area contributed by atoms with Crippen molar-refractivity contribution in [3.05, 3.63) is 76.8 Å². The number of halogens is 1. The van der Waals surface area contributed by atoms with Crippen molar-refractivity contribution in [2.24, 2.45) is 0 Å². The van der Waals surface area contributed by atoms with Gasteiger partial charge in [-0.1, -0.05) is 54.1 Å². The average molecular weight is 371 g/mol. The van der Waals surface area contributed by atoms with Crippen molar-refractivity contribution < 1.29 is 9.53 Å². The summed E-state index contributed by atoms with van der Waals surface area (Å²) in [7, 11) is 0. The number of nitrogens with zero attached hydrogens (tertiary/aromatic N) is 1. The second-order valence-corrected chi connectivity index (χ2v) is 6.71. The first kappa shape index (κ1) is 18.6. The molecule has 1 unspecified atom stereocenters. The smallest absolute Gasteiger partial charge is 0.244 e. The molecule has 3 rings (SSSR count). The molecular formula is C21H23ClN2O2. The highest BCUT2D eigenvalue weighted by Crippen LogP contribution is 2.16. The monoisotopic (exact) mass is 370 g/mol. The third-order valence-electron chi connectivity index (χ3n) is 4.36. The second-order valence-electron chi connectivity index (χ2n) is 6.27. The zero-order valence-corrected chi connectivity index (χ0v) is 15.4. The van der Waals surface area contributed by atoms with Gasteiger partial charge in [-0.05, 0) is 29.3 Å². The van der Waals surface area contributed by atoms with E-state index in [1.807, 2.05) is 54.6 Å². The molecule has 1 atom stereocenters. The van der Waals surface area contributed by atoms with Gasteiger partial charge >= 0.3 is 0 Å². The van der Waals surface area contributed by atoms with Gasteiger partial charge in [0.2, 0.25) is 5.91 Å². The van der Waals surface area contributed by atoms with Gasteiger partial charge in [-0.3, -0.25) is 9.69 Å². The zero-order chi connectivity index (χ0) is 18.2. The van der Waals surface area contributed by atoms with Crippen LogP contribution in [0.1, 0.15) is 17.2 Å². The lowest BCUT2D eigenvalue weighted by Crippen LogP contribution is -2.42. The van der Waals surface area contributed by atoms with Gasteiger partial charge < -0.3 is 10.1 Å². The number of carbonyl (C=O) groups excluding carboxylic acids is 1. The SMILES string of the molecule is O=C(/C=C/c1ccc(Cl)cc1)NC(CN1CCOCC1)c1ccccc1. The van der Waals surface area contributed by atoms with E-state index in [2.05, 4.69) is 10.2 Å². The van der Waals surface area contributed by atoms with E-state index in [0.717, 1.165) is 44.0 Å². The predicted octanol–water partition coefficient (Wildman–Crippen LogP) is 3.54. The summed E-state index contributed by atoms with van der Waals surface area (Å²) in [5.74, 6) is -0.109. The van der Waals surface area contributed by atoms with Gasteiger partial charge in [0.1, 0.15) is 0 Å². The molecule has 0 bridgehead atoms. The Bertz CT molecular complexity index is 725. The van der Waals surface area contributed by atoms with E-state index in [9.17, 15) is 4.79 Å². The van der Waals surface area contributed by atoms with Crippen molar-refractivity contribution in [3.63, 3.8) is 0 Å². The van der Waals surface area contributed by atoms with Crippen LogP contribution in [0.4, 0.5) is 0 Å². The molecule has 0 saturated carbocycles. The molecule has 0 radical (unpaired) electrons. The van der Waals surface area contributed by atoms with Crippen LogP contribution in [0.15, 0.2) is 60.7 Å². The molecule has 1 aliphatic heterocycles. The second kappa shape index (κ2) is 9.53. The lowest BCUT2D eigenvalue weighted by Gasteiger charge is -2.31. The minimum absolute atomic E-state index is 0.0586. The van der Waals surface area contributed by atoms with E-state index in [1.54, 1.807) is 12.2 Å². The first-order chi connectivity index (χ1) is 12.7. The van der Waals surface area contributed by atoms with Crippen molar-refractivity contribution in [1.82, 2.24) is 10.2 Å². The molecular weight excluding hydrogens is 348 g/mol. The van der Waals surface area contributed by atoms with Crippen molar-refractivity contribution in [2.45, 2.75) is 6.04 Å². The fourth-order valence-corrected chi connectivity index (χ4v) is 3.05. The number of amides is 1. The highest BCUT2D eigenvalue weighted by atomic mass is 35.5. The minimum Gasteiger partial charge on any atom is -0.379 e. The molecule has 2 aromatic carbocycles. The quantitative estimate of drug-likeness (QED) is 0.791. The molecule has 4 nitrogen and oxygen atoms in total. The summed E-state index contributed by atoms with van der Waals surface area (Å²) in [6.07, 6.45) is 3.36. The van der Waals surface area contributed by atoms with Crippen molar-refractivity contribution >= 4 is 23.6 Å². The maximum absolute atomic E-state index is 12.4. The van der Waals surface area contributed by atoms with E-state index < -0.39 is 0 Å². The predicted molar refractivity (Wildman–Crippen MR) is 105 cm³/mol. The summed E-state index contributed by atoms with van der Waals surface area (Å²) < 4.78 is 5.41. The van der Waals surface area contributed by atoms with Crippen LogP contribution in [0.2, 0.25) is 5.02 Å². The standard InChI is InChI=1S/C21H23ClN2O2/c22-19-9-6-17(7-10-19)8-11-21(25)23-20(18-4-2-1-3-5-18)16-24-12-14-26-15-13-24/h1-11,20H,12-16H2,(H,23,25)/b11-8+. The Kier molecular flexibility index (Phi) is 6.83. The molecule has 1 fully saturated rings. The fraction of sp³-hybridized carbons (Fsp3) is 0.286. The maximum Gasteiger partial charge on any atom is 0.244 e. The normalized spacial score (nSPS) is 16.5. The lowest BCUT2D eigenvalue weighted by molar-refractivity contribution is -0.117. The van der Waals surface area contributed by atoms with Crippen LogP contribution < -0.4 is 5.32 Å². The van der Waals surface area contributed by atoms with Crippen molar-refractivity contribution in [1.29, 1.82) is 0 Å². The lowest BCUT2D eigenvalue weighted by atomic mass is 10.1. The van der Waals surface area contributed by atoms with Crippen LogP contribution in [0.25, 0.3) is 6.08 Å². The first-order valence-corrected chi connectivity index (χ1v) is 9.18. The molecule has 1 heterocycles. The largest absolute Gasteiger partial charge is 0.379 e. The molecule has 1 saturated heterocycles. The average Bonchev–Trinajstić information content (AvgIpc) is 2.68. The molecule has 5 heteroatoms. The van der Waals surface area contributed by atoms with Gasteiger partial charge in [-0.25, -0.2) is 0 Å².